The molecule has 0 bridgehead atoms. The largest absolute Gasteiger partial charge is 0.264 e. The number of rotatable bonds is 2. The minimum Gasteiger partial charge on any atom is -0.264 e. The van der Waals surface area contributed by atoms with E-state index in [4.69, 9.17) is 11.6 Å². The molecule has 0 saturated heterocycles. The Morgan fingerprint density at radius 2 is 1.87 bits per heavy atom. The lowest BCUT2D eigenvalue weighted by Crippen LogP contribution is -1.84. The molecule has 15 heavy (non-hydrogen) atoms. The molecular weight excluding hydrogens is 206 g/mol. The number of benzene rings is 1. The van der Waals surface area contributed by atoms with Crippen molar-refractivity contribution in [3.8, 4) is 11.1 Å². The molecule has 2 aromatic rings. The van der Waals surface area contributed by atoms with Gasteiger partial charge in [-0.2, -0.15) is 0 Å². The summed E-state index contributed by atoms with van der Waals surface area (Å²) in [6.07, 6.45) is 5.38. The predicted molar refractivity (Wildman–Crippen MR) is 64.8 cm³/mol. The molecule has 0 spiro atoms. The third-order valence-corrected chi connectivity index (χ3v) is 2.48. The van der Waals surface area contributed by atoms with Crippen molar-refractivity contribution < 1.29 is 0 Å². The smallest absolute Gasteiger partial charge is 0.0406 e. The first-order chi connectivity index (χ1) is 7.31. The van der Waals surface area contributed by atoms with Gasteiger partial charge in [-0.25, -0.2) is 0 Å². The van der Waals surface area contributed by atoms with Crippen LogP contribution in [0, 0.1) is 0 Å². The van der Waals surface area contributed by atoms with Crippen molar-refractivity contribution in [2.75, 3.05) is 0 Å². The maximum Gasteiger partial charge on any atom is 0.0406 e. The Kier molecular flexibility index (Phi) is 2.84. The highest BCUT2D eigenvalue weighted by molar-refractivity contribution is 6.30. The normalized spacial score (nSPS) is 9.93. The maximum absolute atomic E-state index is 5.84. The standard InChI is InChI=1S/C13H10ClN/c1-2-10-9-15-8-7-13(10)11-3-5-12(14)6-4-11/h2-9H,1H2. The van der Waals surface area contributed by atoms with E-state index in [1.165, 1.54) is 0 Å². The first-order valence-corrected chi connectivity index (χ1v) is 5.01. The van der Waals surface area contributed by atoms with Gasteiger partial charge >= 0.3 is 0 Å². The Hall–Kier alpha value is -1.60. The van der Waals surface area contributed by atoms with Crippen LogP contribution in [0.15, 0.2) is 49.3 Å². The monoisotopic (exact) mass is 215 g/mol. The van der Waals surface area contributed by atoms with E-state index >= 15 is 0 Å². The van der Waals surface area contributed by atoms with Crippen molar-refractivity contribution in [2.45, 2.75) is 0 Å². The van der Waals surface area contributed by atoms with Gasteiger partial charge in [0.15, 0.2) is 0 Å². The van der Waals surface area contributed by atoms with Gasteiger partial charge in [0.2, 0.25) is 0 Å². The summed E-state index contributed by atoms with van der Waals surface area (Å²) < 4.78 is 0. The summed E-state index contributed by atoms with van der Waals surface area (Å²) in [5.74, 6) is 0. The quantitative estimate of drug-likeness (QED) is 0.737. The van der Waals surface area contributed by atoms with Crippen molar-refractivity contribution in [1.29, 1.82) is 0 Å². The van der Waals surface area contributed by atoms with Crippen LogP contribution in [0.4, 0.5) is 0 Å². The Balaban J connectivity index is 2.53. The van der Waals surface area contributed by atoms with Crippen LogP contribution in [-0.4, -0.2) is 4.98 Å². The first kappa shape index (κ1) is 9.94. The van der Waals surface area contributed by atoms with Gasteiger partial charge in [0, 0.05) is 23.0 Å². The molecule has 0 fully saturated rings. The lowest BCUT2D eigenvalue weighted by atomic mass is 10.0. The third kappa shape index (κ3) is 2.08. The van der Waals surface area contributed by atoms with Crippen LogP contribution in [0.1, 0.15) is 5.56 Å². The van der Waals surface area contributed by atoms with E-state index < -0.39 is 0 Å². The molecule has 0 aliphatic rings. The molecule has 2 heteroatoms. The summed E-state index contributed by atoms with van der Waals surface area (Å²) in [6.45, 7) is 3.77. The minimum atomic E-state index is 0.743. The fraction of sp³-hybridized carbons (Fsp3) is 0. The van der Waals surface area contributed by atoms with Crippen molar-refractivity contribution in [2.24, 2.45) is 0 Å². The summed E-state index contributed by atoms with van der Waals surface area (Å²) in [7, 11) is 0. The molecule has 0 unspecified atom stereocenters. The van der Waals surface area contributed by atoms with E-state index in [0.717, 1.165) is 21.7 Å². The Labute approximate surface area is 94.1 Å². The Morgan fingerprint density at radius 1 is 1.13 bits per heavy atom. The van der Waals surface area contributed by atoms with E-state index in [1.807, 2.05) is 30.3 Å². The second-order valence-electron chi connectivity index (χ2n) is 3.17. The zero-order valence-corrected chi connectivity index (χ0v) is 8.91. The van der Waals surface area contributed by atoms with Crippen LogP contribution in [-0.2, 0) is 0 Å². The molecule has 0 aliphatic carbocycles. The van der Waals surface area contributed by atoms with Gasteiger partial charge in [-0.15, -0.1) is 0 Å². The average molecular weight is 216 g/mol. The van der Waals surface area contributed by atoms with Gasteiger partial charge < -0.3 is 0 Å². The van der Waals surface area contributed by atoms with E-state index in [2.05, 4.69) is 11.6 Å². The fourth-order valence-corrected chi connectivity index (χ4v) is 1.59. The van der Waals surface area contributed by atoms with Crippen molar-refractivity contribution in [3.05, 3.63) is 59.9 Å². The van der Waals surface area contributed by atoms with E-state index in [0.29, 0.717) is 0 Å². The van der Waals surface area contributed by atoms with Gasteiger partial charge in [-0.1, -0.05) is 36.4 Å². The van der Waals surface area contributed by atoms with Crippen molar-refractivity contribution in [3.63, 3.8) is 0 Å². The molecule has 1 heterocycles. The molecule has 0 saturated carbocycles. The van der Waals surface area contributed by atoms with E-state index in [-0.39, 0.29) is 0 Å². The summed E-state index contributed by atoms with van der Waals surface area (Å²) in [5, 5.41) is 0.743. The van der Waals surface area contributed by atoms with Gasteiger partial charge in [-0.3, -0.25) is 4.98 Å². The summed E-state index contributed by atoms with van der Waals surface area (Å²) in [6, 6.07) is 9.71. The number of nitrogens with zero attached hydrogens (tertiary/aromatic N) is 1. The van der Waals surface area contributed by atoms with Crippen molar-refractivity contribution in [1.82, 2.24) is 4.98 Å². The van der Waals surface area contributed by atoms with Gasteiger partial charge in [0.1, 0.15) is 0 Å². The zero-order chi connectivity index (χ0) is 10.7. The van der Waals surface area contributed by atoms with Gasteiger partial charge in [0.25, 0.3) is 0 Å². The van der Waals surface area contributed by atoms with E-state index in [1.54, 1.807) is 18.5 Å². The molecule has 74 valence electrons. The lowest BCUT2D eigenvalue weighted by Gasteiger charge is -2.05. The van der Waals surface area contributed by atoms with Crippen LogP contribution < -0.4 is 0 Å². The number of aromatic nitrogens is 1. The van der Waals surface area contributed by atoms with Gasteiger partial charge in [-0.05, 0) is 29.3 Å². The third-order valence-electron chi connectivity index (χ3n) is 2.23. The lowest BCUT2D eigenvalue weighted by molar-refractivity contribution is 1.32. The highest BCUT2D eigenvalue weighted by atomic mass is 35.5. The summed E-state index contributed by atoms with van der Waals surface area (Å²) >= 11 is 5.84. The minimum absolute atomic E-state index is 0.743. The highest BCUT2D eigenvalue weighted by Crippen LogP contribution is 2.24. The second-order valence-corrected chi connectivity index (χ2v) is 3.61. The molecular formula is C13H10ClN. The Bertz CT molecular complexity index is 474. The zero-order valence-electron chi connectivity index (χ0n) is 8.15. The number of pyridine rings is 1. The maximum atomic E-state index is 5.84. The number of hydrogen-bond acceptors (Lipinski definition) is 1. The first-order valence-electron chi connectivity index (χ1n) is 4.63. The second kappa shape index (κ2) is 4.28. The molecule has 1 nitrogen and oxygen atoms in total. The molecule has 0 aliphatic heterocycles. The SMILES string of the molecule is C=Cc1cnccc1-c1ccc(Cl)cc1. The van der Waals surface area contributed by atoms with Crippen molar-refractivity contribution >= 4 is 17.7 Å². The van der Waals surface area contributed by atoms with E-state index in [9.17, 15) is 0 Å². The van der Waals surface area contributed by atoms with Crippen LogP contribution in [0.3, 0.4) is 0 Å². The summed E-state index contributed by atoms with van der Waals surface area (Å²) in [4.78, 5) is 4.06. The van der Waals surface area contributed by atoms with Gasteiger partial charge in [0.05, 0.1) is 0 Å². The molecule has 0 atom stereocenters. The molecule has 0 radical (unpaired) electrons. The summed E-state index contributed by atoms with van der Waals surface area (Å²) in [5.41, 5.74) is 3.27. The highest BCUT2D eigenvalue weighted by Gasteiger charge is 2.01. The number of halogens is 1. The molecule has 1 aromatic carbocycles. The molecule has 1 aromatic heterocycles. The molecule has 0 N–H and O–H groups in total. The van der Waals surface area contributed by atoms with Crippen LogP contribution in [0.5, 0.6) is 0 Å². The fourth-order valence-electron chi connectivity index (χ4n) is 1.46. The topological polar surface area (TPSA) is 12.9 Å². The van der Waals surface area contributed by atoms with Crippen LogP contribution >= 0.6 is 11.6 Å². The predicted octanol–water partition coefficient (Wildman–Crippen LogP) is 4.05. The Morgan fingerprint density at radius 3 is 2.53 bits per heavy atom. The van der Waals surface area contributed by atoms with Crippen LogP contribution in [0.2, 0.25) is 5.02 Å². The average Bonchev–Trinajstić information content (AvgIpc) is 2.30. The molecule has 0 amide bonds. The molecule has 2 rings (SSSR count). The van der Waals surface area contributed by atoms with Crippen LogP contribution in [0.25, 0.3) is 17.2 Å². The number of hydrogen-bond donors (Lipinski definition) is 0.